The van der Waals surface area contributed by atoms with Gasteiger partial charge in [-0.2, -0.15) is 0 Å². The fourth-order valence-corrected chi connectivity index (χ4v) is 2.58. The predicted octanol–water partition coefficient (Wildman–Crippen LogP) is 0.152. The standard InChI is InChI=1S/C11H21N3O/c1-8(2)9-6-13-11(15)7-14(9)10-4-3-5-12-10/h8-10,12H,3-7H2,1-2H3,(H,13,15). The summed E-state index contributed by atoms with van der Waals surface area (Å²) in [5.41, 5.74) is 0. The van der Waals surface area contributed by atoms with E-state index >= 15 is 0 Å². The molecule has 0 aromatic heterocycles. The Morgan fingerprint density at radius 2 is 2.27 bits per heavy atom. The molecule has 2 fully saturated rings. The lowest BCUT2D eigenvalue weighted by Crippen LogP contribution is -2.61. The molecule has 4 nitrogen and oxygen atoms in total. The van der Waals surface area contributed by atoms with Gasteiger partial charge in [0.05, 0.1) is 12.7 Å². The highest BCUT2D eigenvalue weighted by Gasteiger charge is 2.34. The van der Waals surface area contributed by atoms with Gasteiger partial charge in [0.1, 0.15) is 0 Å². The second-order valence-electron chi connectivity index (χ2n) is 4.90. The number of rotatable bonds is 2. The number of nitrogens with zero attached hydrogens (tertiary/aromatic N) is 1. The first kappa shape index (κ1) is 10.9. The number of hydrogen-bond donors (Lipinski definition) is 2. The van der Waals surface area contributed by atoms with E-state index < -0.39 is 0 Å². The Balaban J connectivity index is 2.05. The van der Waals surface area contributed by atoms with Gasteiger partial charge in [0.25, 0.3) is 0 Å². The Morgan fingerprint density at radius 1 is 1.47 bits per heavy atom. The van der Waals surface area contributed by atoms with Crippen molar-refractivity contribution in [2.24, 2.45) is 5.92 Å². The van der Waals surface area contributed by atoms with Crippen LogP contribution in [0.15, 0.2) is 0 Å². The third kappa shape index (κ3) is 2.32. The molecule has 2 N–H and O–H groups in total. The van der Waals surface area contributed by atoms with Crippen molar-refractivity contribution in [3.8, 4) is 0 Å². The lowest BCUT2D eigenvalue weighted by atomic mass is 9.99. The average Bonchev–Trinajstić information content (AvgIpc) is 2.69. The van der Waals surface area contributed by atoms with Gasteiger partial charge < -0.3 is 10.6 Å². The largest absolute Gasteiger partial charge is 0.353 e. The monoisotopic (exact) mass is 211 g/mol. The van der Waals surface area contributed by atoms with Gasteiger partial charge in [-0.15, -0.1) is 0 Å². The topological polar surface area (TPSA) is 44.4 Å². The quantitative estimate of drug-likeness (QED) is 0.683. The Morgan fingerprint density at radius 3 is 2.87 bits per heavy atom. The zero-order valence-corrected chi connectivity index (χ0v) is 9.62. The van der Waals surface area contributed by atoms with Gasteiger partial charge in [-0.05, 0) is 25.3 Å². The number of carbonyl (C=O) groups excluding carboxylic acids is 1. The van der Waals surface area contributed by atoms with E-state index in [2.05, 4.69) is 29.4 Å². The van der Waals surface area contributed by atoms with Crippen molar-refractivity contribution < 1.29 is 4.79 Å². The molecule has 2 saturated heterocycles. The normalized spacial score (nSPS) is 33.4. The summed E-state index contributed by atoms with van der Waals surface area (Å²) in [7, 11) is 0. The van der Waals surface area contributed by atoms with Crippen molar-refractivity contribution in [3.05, 3.63) is 0 Å². The van der Waals surface area contributed by atoms with Crippen molar-refractivity contribution in [3.63, 3.8) is 0 Å². The lowest BCUT2D eigenvalue weighted by molar-refractivity contribution is -0.127. The Bertz CT molecular complexity index is 236. The minimum absolute atomic E-state index is 0.167. The highest BCUT2D eigenvalue weighted by atomic mass is 16.2. The number of amides is 1. The van der Waals surface area contributed by atoms with Gasteiger partial charge >= 0.3 is 0 Å². The van der Waals surface area contributed by atoms with Gasteiger partial charge in [-0.25, -0.2) is 0 Å². The van der Waals surface area contributed by atoms with Crippen molar-refractivity contribution >= 4 is 5.91 Å². The maximum absolute atomic E-state index is 11.4. The third-order valence-electron chi connectivity index (χ3n) is 3.46. The highest BCUT2D eigenvalue weighted by molar-refractivity contribution is 5.78. The van der Waals surface area contributed by atoms with E-state index in [0.29, 0.717) is 24.7 Å². The molecule has 0 aromatic carbocycles. The van der Waals surface area contributed by atoms with Crippen LogP contribution in [0.25, 0.3) is 0 Å². The summed E-state index contributed by atoms with van der Waals surface area (Å²) in [6.45, 7) is 6.90. The molecule has 0 bridgehead atoms. The van der Waals surface area contributed by atoms with Crippen LogP contribution in [0, 0.1) is 5.92 Å². The number of piperazine rings is 1. The SMILES string of the molecule is CC(C)C1CNC(=O)CN1C1CCCN1. The van der Waals surface area contributed by atoms with Crippen LogP contribution in [0.5, 0.6) is 0 Å². The summed E-state index contributed by atoms with van der Waals surface area (Å²) < 4.78 is 0. The fraction of sp³-hybridized carbons (Fsp3) is 0.909. The Labute approximate surface area is 91.4 Å². The van der Waals surface area contributed by atoms with Crippen molar-refractivity contribution in [2.45, 2.75) is 38.9 Å². The van der Waals surface area contributed by atoms with E-state index in [-0.39, 0.29) is 5.91 Å². The molecule has 0 radical (unpaired) electrons. The molecule has 2 unspecified atom stereocenters. The average molecular weight is 211 g/mol. The molecule has 86 valence electrons. The molecule has 4 heteroatoms. The first-order valence-electron chi connectivity index (χ1n) is 5.94. The van der Waals surface area contributed by atoms with Crippen LogP contribution < -0.4 is 10.6 Å². The minimum atomic E-state index is 0.167. The summed E-state index contributed by atoms with van der Waals surface area (Å²) >= 11 is 0. The summed E-state index contributed by atoms with van der Waals surface area (Å²) in [5.74, 6) is 0.758. The maximum Gasteiger partial charge on any atom is 0.234 e. The van der Waals surface area contributed by atoms with Crippen LogP contribution in [-0.2, 0) is 4.79 Å². The second-order valence-corrected chi connectivity index (χ2v) is 4.90. The van der Waals surface area contributed by atoms with Gasteiger partial charge in [-0.3, -0.25) is 9.69 Å². The molecule has 2 heterocycles. The van der Waals surface area contributed by atoms with Crippen LogP contribution in [0.2, 0.25) is 0 Å². The zero-order valence-electron chi connectivity index (χ0n) is 9.62. The van der Waals surface area contributed by atoms with Gasteiger partial charge in [0.2, 0.25) is 5.91 Å². The molecule has 0 aliphatic carbocycles. The Kier molecular flexibility index (Phi) is 3.26. The molecule has 15 heavy (non-hydrogen) atoms. The smallest absolute Gasteiger partial charge is 0.234 e. The second kappa shape index (κ2) is 4.49. The van der Waals surface area contributed by atoms with E-state index in [0.717, 1.165) is 13.1 Å². The molecular formula is C11H21N3O. The molecular weight excluding hydrogens is 190 g/mol. The molecule has 1 amide bonds. The van der Waals surface area contributed by atoms with Crippen molar-refractivity contribution in [1.29, 1.82) is 0 Å². The van der Waals surface area contributed by atoms with Gasteiger partial charge in [0.15, 0.2) is 0 Å². The third-order valence-corrected chi connectivity index (χ3v) is 3.46. The summed E-state index contributed by atoms with van der Waals surface area (Å²) in [5, 5.41) is 6.44. The van der Waals surface area contributed by atoms with E-state index in [9.17, 15) is 4.79 Å². The van der Waals surface area contributed by atoms with E-state index in [1.54, 1.807) is 0 Å². The molecule has 2 rings (SSSR count). The van der Waals surface area contributed by atoms with Crippen LogP contribution in [0.1, 0.15) is 26.7 Å². The predicted molar refractivity (Wildman–Crippen MR) is 59.4 cm³/mol. The van der Waals surface area contributed by atoms with Gasteiger partial charge in [-0.1, -0.05) is 13.8 Å². The number of hydrogen-bond acceptors (Lipinski definition) is 3. The summed E-state index contributed by atoms with van der Waals surface area (Å²) in [6.07, 6.45) is 2.83. The van der Waals surface area contributed by atoms with Crippen LogP contribution >= 0.6 is 0 Å². The number of nitrogens with one attached hydrogen (secondary N) is 2. The molecule has 2 aliphatic heterocycles. The molecule has 2 atom stereocenters. The first-order chi connectivity index (χ1) is 7.18. The lowest BCUT2D eigenvalue weighted by Gasteiger charge is -2.41. The molecule has 0 saturated carbocycles. The van der Waals surface area contributed by atoms with E-state index in [1.807, 2.05) is 0 Å². The molecule has 0 aromatic rings. The van der Waals surface area contributed by atoms with E-state index in [4.69, 9.17) is 0 Å². The van der Waals surface area contributed by atoms with E-state index in [1.165, 1.54) is 12.8 Å². The highest BCUT2D eigenvalue weighted by Crippen LogP contribution is 2.20. The number of carbonyl (C=O) groups is 1. The van der Waals surface area contributed by atoms with Crippen LogP contribution in [0.4, 0.5) is 0 Å². The summed E-state index contributed by atoms with van der Waals surface area (Å²) in [6, 6.07) is 0.485. The molecule has 0 spiro atoms. The van der Waals surface area contributed by atoms with Crippen LogP contribution in [-0.4, -0.2) is 42.6 Å². The zero-order chi connectivity index (χ0) is 10.8. The molecule has 2 aliphatic rings. The summed E-state index contributed by atoms with van der Waals surface area (Å²) in [4.78, 5) is 13.8. The fourth-order valence-electron chi connectivity index (χ4n) is 2.58. The minimum Gasteiger partial charge on any atom is -0.353 e. The maximum atomic E-state index is 11.4. The van der Waals surface area contributed by atoms with Crippen molar-refractivity contribution in [2.75, 3.05) is 19.6 Å². The first-order valence-corrected chi connectivity index (χ1v) is 5.94. The van der Waals surface area contributed by atoms with Crippen LogP contribution in [0.3, 0.4) is 0 Å². The van der Waals surface area contributed by atoms with Gasteiger partial charge in [0, 0.05) is 12.6 Å². The van der Waals surface area contributed by atoms with Crippen molar-refractivity contribution in [1.82, 2.24) is 15.5 Å². The Hall–Kier alpha value is -0.610.